The molecule has 0 atom stereocenters. The van der Waals surface area contributed by atoms with Gasteiger partial charge < -0.3 is 9.88 Å². The molecular weight excluding hydrogens is 354 g/mol. The summed E-state index contributed by atoms with van der Waals surface area (Å²) >= 11 is 2.79. The highest BCUT2D eigenvalue weighted by Gasteiger charge is 2.20. The molecule has 0 radical (unpaired) electrons. The van der Waals surface area contributed by atoms with E-state index >= 15 is 0 Å². The molecule has 2 aromatic heterocycles. The number of nitrogens with one attached hydrogen (secondary N) is 1. The minimum Gasteiger partial charge on any atom is -0.337 e. The predicted octanol–water partition coefficient (Wildman–Crippen LogP) is 2.97. The first kappa shape index (κ1) is 16.4. The zero-order valence-electron chi connectivity index (χ0n) is 13.7. The Morgan fingerprint density at radius 2 is 2.16 bits per heavy atom. The number of fused-ring (bicyclic) bond motifs is 2. The fraction of sp³-hybridized carbons (Fsp3) is 0.278. The van der Waals surface area contributed by atoms with Gasteiger partial charge in [-0.05, 0) is 30.5 Å². The number of nitrogens with zero attached hydrogens (tertiary/aromatic N) is 2. The van der Waals surface area contributed by atoms with E-state index in [1.165, 1.54) is 34.2 Å². The van der Waals surface area contributed by atoms with E-state index in [2.05, 4.69) is 22.1 Å². The number of H-pyrrole nitrogens is 1. The minimum absolute atomic E-state index is 0.0737. The number of carbonyl (C=O) groups excluding carboxylic acids is 1. The van der Waals surface area contributed by atoms with Gasteiger partial charge >= 0.3 is 0 Å². The number of aromatic nitrogens is 2. The molecule has 1 aliphatic rings. The molecule has 0 spiro atoms. The van der Waals surface area contributed by atoms with Crippen LogP contribution in [0.2, 0.25) is 0 Å². The molecule has 5 nitrogen and oxygen atoms in total. The standard InChI is InChI=1S/C18H17N3O2S2/c1-11-8-14-16(23)19-18(20-17(14)25-11)24-10-15(22)21-7-6-12-4-2-3-5-13(12)9-21/h2-5,8H,6-7,9-10H2,1H3,(H,19,20,23). The lowest BCUT2D eigenvalue weighted by atomic mass is 10.00. The molecule has 25 heavy (non-hydrogen) atoms. The second kappa shape index (κ2) is 6.65. The number of aryl methyl sites for hydroxylation is 1. The molecule has 3 heterocycles. The Balaban J connectivity index is 1.45. The zero-order valence-corrected chi connectivity index (χ0v) is 15.4. The molecule has 0 fully saturated rings. The van der Waals surface area contributed by atoms with Crippen molar-refractivity contribution in [2.24, 2.45) is 0 Å². The molecule has 1 N–H and O–H groups in total. The number of benzene rings is 1. The highest BCUT2D eigenvalue weighted by molar-refractivity contribution is 7.99. The van der Waals surface area contributed by atoms with Crippen molar-refractivity contribution in [2.45, 2.75) is 25.0 Å². The monoisotopic (exact) mass is 371 g/mol. The van der Waals surface area contributed by atoms with E-state index in [0.717, 1.165) is 22.7 Å². The van der Waals surface area contributed by atoms with Crippen LogP contribution >= 0.6 is 23.1 Å². The Hall–Kier alpha value is -2.12. The highest BCUT2D eigenvalue weighted by atomic mass is 32.2. The molecule has 0 saturated carbocycles. The number of carbonyl (C=O) groups is 1. The summed E-state index contributed by atoms with van der Waals surface area (Å²) in [7, 11) is 0. The lowest BCUT2D eigenvalue weighted by Crippen LogP contribution is -2.37. The molecule has 0 unspecified atom stereocenters. The van der Waals surface area contributed by atoms with Crippen molar-refractivity contribution < 1.29 is 4.79 Å². The molecule has 0 bridgehead atoms. The van der Waals surface area contributed by atoms with Gasteiger partial charge in [-0.15, -0.1) is 11.3 Å². The fourth-order valence-electron chi connectivity index (χ4n) is 3.03. The number of hydrogen-bond acceptors (Lipinski definition) is 5. The minimum atomic E-state index is -0.142. The summed E-state index contributed by atoms with van der Waals surface area (Å²) in [5, 5.41) is 1.12. The Morgan fingerprint density at radius 3 is 3.00 bits per heavy atom. The van der Waals surface area contributed by atoms with E-state index in [9.17, 15) is 9.59 Å². The molecule has 1 aliphatic heterocycles. The molecular formula is C18H17N3O2S2. The first-order valence-electron chi connectivity index (χ1n) is 8.08. The molecule has 0 aliphatic carbocycles. The van der Waals surface area contributed by atoms with Crippen molar-refractivity contribution in [1.29, 1.82) is 0 Å². The summed E-state index contributed by atoms with van der Waals surface area (Å²) in [6, 6.07) is 10.1. The Kier molecular flexibility index (Phi) is 4.35. The summed E-state index contributed by atoms with van der Waals surface area (Å²) in [4.78, 5) is 35.5. The Bertz CT molecular complexity index is 1010. The number of rotatable bonds is 3. The topological polar surface area (TPSA) is 66.1 Å². The number of hydrogen-bond donors (Lipinski definition) is 1. The van der Waals surface area contributed by atoms with Gasteiger partial charge in [0.1, 0.15) is 4.83 Å². The maximum atomic E-state index is 12.5. The van der Waals surface area contributed by atoms with E-state index < -0.39 is 0 Å². The van der Waals surface area contributed by atoms with E-state index in [-0.39, 0.29) is 17.2 Å². The van der Waals surface area contributed by atoms with Crippen molar-refractivity contribution in [3.05, 3.63) is 56.7 Å². The van der Waals surface area contributed by atoms with Gasteiger partial charge in [-0.3, -0.25) is 9.59 Å². The molecule has 4 rings (SSSR count). The van der Waals surface area contributed by atoms with Crippen LogP contribution in [-0.2, 0) is 17.8 Å². The number of thioether (sulfide) groups is 1. The van der Waals surface area contributed by atoms with Gasteiger partial charge in [0.15, 0.2) is 5.16 Å². The van der Waals surface area contributed by atoms with Crippen LogP contribution in [0.25, 0.3) is 10.2 Å². The lowest BCUT2D eigenvalue weighted by molar-refractivity contribution is -0.129. The van der Waals surface area contributed by atoms with Gasteiger partial charge in [0.05, 0.1) is 11.1 Å². The van der Waals surface area contributed by atoms with E-state index in [0.29, 0.717) is 17.1 Å². The molecule has 0 saturated heterocycles. The van der Waals surface area contributed by atoms with Crippen LogP contribution in [0.5, 0.6) is 0 Å². The maximum Gasteiger partial charge on any atom is 0.260 e. The van der Waals surface area contributed by atoms with Crippen LogP contribution in [0.3, 0.4) is 0 Å². The first-order valence-corrected chi connectivity index (χ1v) is 9.88. The second-order valence-electron chi connectivity index (χ2n) is 6.07. The average Bonchev–Trinajstić information content (AvgIpc) is 3.00. The number of aromatic amines is 1. The van der Waals surface area contributed by atoms with Crippen molar-refractivity contribution >= 4 is 39.2 Å². The Labute approximate surface area is 153 Å². The van der Waals surface area contributed by atoms with Gasteiger partial charge in [0.25, 0.3) is 5.56 Å². The molecule has 7 heteroatoms. The third kappa shape index (κ3) is 3.34. The van der Waals surface area contributed by atoms with Crippen LogP contribution in [0, 0.1) is 6.92 Å². The third-order valence-electron chi connectivity index (χ3n) is 4.32. The maximum absolute atomic E-state index is 12.5. The quantitative estimate of drug-likeness (QED) is 0.568. The van der Waals surface area contributed by atoms with Gasteiger partial charge in [-0.2, -0.15) is 0 Å². The largest absolute Gasteiger partial charge is 0.337 e. The summed E-state index contributed by atoms with van der Waals surface area (Å²) in [6.07, 6.45) is 0.891. The van der Waals surface area contributed by atoms with E-state index in [4.69, 9.17) is 0 Å². The zero-order chi connectivity index (χ0) is 17.4. The number of thiophene rings is 1. The van der Waals surface area contributed by atoms with Gasteiger partial charge in [-0.1, -0.05) is 36.0 Å². The van der Waals surface area contributed by atoms with E-state index in [1.807, 2.05) is 30.0 Å². The molecule has 128 valence electrons. The van der Waals surface area contributed by atoms with Crippen molar-refractivity contribution in [2.75, 3.05) is 12.3 Å². The second-order valence-corrected chi connectivity index (χ2v) is 8.27. The lowest BCUT2D eigenvalue weighted by Gasteiger charge is -2.28. The Morgan fingerprint density at radius 1 is 1.36 bits per heavy atom. The third-order valence-corrected chi connectivity index (χ3v) is 6.12. The summed E-state index contributed by atoms with van der Waals surface area (Å²) < 4.78 is 0. The first-order chi connectivity index (χ1) is 12.1. The van der Waals surface area contributed by atoms with Gasteiger partial charge in [-0.25, -0.2) is 4.98 Å². The van der Waals surface area contributed by atoms with Crippen molar-refractivity contribution in [1.82, 2.24) is 14.9 Å². The fourth-order valence-corrected chi connectivity index (χ4v) is 4.73. The van der Waals surface area contributed by atoms with E-state index in [1.54, 1.807) is 0 Å². The average molecular weight is 371 g/mol. The summed E-state index contributed by atoms with van der Waals surface area (Å²) in [5.41, 5.74) is 2.40. The number of amides is 1. The van der Waals surface area contributed by atoms with Gasteiger partial charge in [0, 0.05) is 18.0 Å². The van der Waals surface area contributed by atoms with Crippen LogP contribution < -0.4 is 5.56 Å². The van der Waals surface area contributed by atoms with Crippen LogP contribution in [0.1, 0.15) is 16.0 Å². The predicted molar refractivity (Wildman–Crippen MR) is 101 cm³/mol. The van der Waals surface area contributed by atoms with Gasteiger partial charge in [0.2, 0.25) is 5.91 Å². The van der Waals surface area contributed by atoms with Crippen molar-refractivity contribution in [3.63, 3.8) is 0 Å². The van der Waals surface area contributed by atoms with Crippen LogP contribution in [0.15, 0.2) is 40.3 Å². The molecule has 1 amide bonds. The summed E-state index contributed by atoms with van der Waals surface area (Å²) in [5.74, 6) is 0.352. The van der Waals surface area contributed by atoms with Crippen LogP contribution in [-0.4, -0.2) is 33.1 Å². The smallest absolute Gasteiger partial charge is 0.260 e. The van der Waals surface area contributed by atoms with Crippen LogP contribution in [0.4, 0.5) is 0 Å². The van der Waals surface area contributed by atoms with Crippen molar-refractivity contribution in [3.8, 4) is 0 Å². The summed E-state index contributed by atoms with van der Waals surface area (Å²) in [6.45, 7) is 3.35. The molecule has 3 aromatic rings. The SMILES string of the molecule is Cc1cc2c(=O)[nH]c(SCC(=O)N3CCc4ccccc4C3)nc2s1. The molecule has 1 aromatic carbocycles. The highest BCUT2D eigenvalue weighted by Crippen LogP contribution is 2.23. The normalized spacial score (nSPS) is 13.9.